The van der Waals surface area contributed by atoms with Crippen LogP contribution in [0.15, 0.2) is 60.7 Å². The molecule has 0 aliphatic rings. The molecule has 0 saturated carbocycles. The van der Waals surface area contributed by atoms with Gasteiger partial charge in [0, 0.05) is 12.8 Å². The van der Waals surface area contributed by atoms with Crippen molar-refractivity contribution in [2.75, 3.05) is 13.2 Å². The lowest BCUT2D eigenvalue weighted by Gasteiger charge is -2.13. The summed E-state index contributed by atoms with van der Waals surface area (Å²) in [5, 5.41) is 8.97. The third-order valence-corrected chi connectivity index (χ3v) is 3.48. The van der Waals surface area contributed by atoms with E-state index in [4.69, 9.17) is 14.7 Å². The molecule has 0 heterocycles. The van der Waals surface area contributed by atoms with Crippen molar-refractivity contribution in [1.29, 1.82) is 0 Å². The van der Waals surface area contributed by atoms with Crippen LogP contribution in [0.5, 0.6) is 5.75 Å². The van der Waals surface area contributed by atoms with Crippen molar-refractivity contribution in [2.45, 2.75) is 25.4 Å². The quantitative estimate of drug-likeness (QED) is 0.313. The number of esters is 1. The van der Waals surface area contributed by atoms with Crippen LogP contribution < -0.4 is 4.74 Å². The third kappa shape index (κ3) is 6.81. The summed E-state index contributed by atoms with van der Waals surface area (Å²) in [7, 11) is 0. The molecule has 0 amide bonds. The molecule has 0 aliphatic heterocycles. The van der Waals surface area contributed by atoms with Gasteiger partial charge in [0.25, 0.3) is 0 Å². The normalized spacial score (nSPS) is 11.7. The smallest absolute Gasteiger partial charge is 0.306 e. The van der Waals surface area contributed by atoms with Crippen LogP contribution in [-0.4, -0.2) is 30.5 Å². The van der Waals surface area contributed by atoms with Gasteiger partial charge >= 0.3 is 5.97 Å². The van der Waals surface area contributed by atoms with Gasteiger partial charge in [-0.1, -0.05) is 48.5 Å². The van der Waals surface area contributed by atoms with Gasteiger partial charge in [0.1, 0.15) is 19.0 Å². The van der Waals surface area contributed by atoms with Gasteiger partial charge in [0.2, 0.25) is 0 Å². The summed E-state index contributed by atoms with van der Waals surface area (Å²) in [5.41, 5.74) is 1.04. The summed E-state index contributed by atoms with van der Waals surface area (Å²) in [5.74, 6) is 0.409. The first-order valence-electron chi connectivity index (χ1n) is 7.95. The SMILES string of the molecule is O=C(CCC(Cc1ccccc1)OO)OCCOc1ccccc1. The predicted octanol–water partition coefficient (Wildman–Crippen LogP) is 3.49. The fourth-order valence-electron chi connectivity index (χ4n) is 2.25. The van der Waals surface area contributed by atoms with E-state index in [-0.39, 0.29) is 19.0 Å². The summed E-state index contributed by atoms with van der Waals surface area (Å²) in [6, 6.07) is 19.0. The highest BCUT2D eigenvalue weighted by atomic mass is 17.1. The highest BCUT2D eigenvalue weighted by Gasteiger charge is 2.13. The van der Waals surface area contributed by atoms with Gasteiger partial charge in [0.05, 0.1) is 6.10 Å². The van der Waals surface area contributed by atoms with Crippen LogP contribution in [0.2, 0.25) is 0 Å². The molecule has 0 aromatic heterocycles. The molecule has 2 aromatic carbocycles. The number of para-hydroxylation sites is 1. The Labute approximate surface area is 141 Å². The Morgan fingerprint density at radius 3 is 2.29 bits per heavy atom. The van der Waals surface area contributed by atoms with Crippen LogP contribution in [-0.2, 0) is 20.8 Å². The second kappa shape index (κ2) is 10.4. The van der Waals surface area contributed by atoms with E-state index in [1.165, 1.54) is 0 Å². The molecule has 1 atom stereocenters. The highest BCUT2D eigenvalue weighted by molar-refractivity contribution is 5.69. The molecule has 0 saturated heterocycles. The van der Waals surface area contributed by atoms with E-state index < -0.39 is 6.10 Å². The Morgan fingerprint density at radius 2 is 1.62 bits per heavy atom. The molecule has 1 N–H and O–H groups in total. The number of hydrogen-bond acceptors (Lipinski definition) is 5. The molecule has 24 heavy (non-hydrogen) atoms. The second-order valence-corrected chi connectivity index (χ2v) is 5.34. The van der Waals surface area contributed by atoms with Crippen LogP contribution in [0.3, 0.4) is 0 Å². The van der Waals surface area contributed by atoms with E-state index in [0.717, 1.165) is 11.3 Å². The molecule has 0 radical (unpaired) electrons. The molecule has 0 bridgehead atoms. The standard InChI is InChI=1S/C19H22O5/c20-19(23-14-13-22-17-9-5-2-6-10-17)12-11-18(24-21)15-16-7-3-1-4-8-16/h1-10,18,21H,11-15H2. The third-order valence-electron chi connectivity index (χ3n) is 3.48. The topological polar surface area (TPSA) is 65.0 Å². The van der Waals surface area contributed by atoms with Crippen LogP contribution in [0.4, 0.5) is 0 Å². The van der Waals surface area contributed by atoms with Crippen LogP contribution in [0.1, 0.15) is 18.4 Å². The average molecular weight is 330 g/mol. The molecule has 0 fully saturated rings. The van der Waals surface area contributed by atoms with Crippen molar-refractivity contribution >= 4 is 5.97 Å². The molecule has 2 aromatic rings. The first-order chi connectivity index (χ1) is 11.8. The lowest BCUT2D eigenvalue weighted by molar-refractivity contribution is -0.279. The summed E-state index contributed by atoms with van der Waals surface area (Å²) < 4.78 is 10.5. The highest BCUT2D eigenvalue weighted by Crippen LogP contribution is 2.11. The van der Waals surface area contributed by atoms with Gasteiger partial charge in [0.15, 0.2) is 0 Å². The van der Waals surface area contributed by atoms with Crippen molar-refractivity contribution < 1.29 is 24.4 Å². The van der Waals surface area contributed by atoms with Crippen molar-refractivity contribution in [3.05, 3.63) is 66.2 Å². The molecule has 0 spiro atoms. The lowest BCUT2D eigenvalue weighted by Crippen LogP contribution is -2.18. The fraction of sp³-hybridized carbons (Fsp3) is 0.316. The maximum absolute atomic E-state index is 11.7. The molecular weight excluding hydrogens is 308 g/mol. The zero-order valence-corrected chi connectivity index (χ0v) is 13.5. The zero-order valence-electron chi connectivity index (χ0n) is 13.5. The minimum Gasteiger partial charge on any atom is -0.490 e. The molecule has 0 aliphatic carbocycles. The van der Waals surface area contributed by atoms with E-state index in [9.17, 15) is 4.79 Å². The van der Waals surface area contributed by atoms with Gasteiger partial charge in [-0.2, -0.15) is 0 Å². The molecule has 5 nitrogen and oxygen atoms in total. The Bertz CT molecular complexity index is 585. The van der Waals surface area contributed by atoms with E-state index in [1.807, 2.05) is 60.7 Å². The molecular formula is C19H22O5. The second-order valence-electron chi connectivity index (χ2n) is 5.34. The van der Waals surface area contributed by atoms with Gasteiger partial charge in [-0.05, 0) is 24.1 Å². The van der Waals surface area contributed by atoms with E-state index in [0.29, 0.717) is 19.4 Å². The Morgan fingerprint density at radius 1 is 0.958 bits per heavy atom. The number of rotatable bonds is 10. The van der Waals surface area contributed by atoms with Crippen molar-refractivity contribution in [1.82, 2.24) is 0 Å². The largest absolute Gasteiger partial charge is 0.490 e. The van der Waals surface area contributed by atoms with Crippen molar-refractivity contribution in [2.24, 2.45) is 0 Å². The molecule has 128 valence electrons. The number of benzene rings is 2. The monoisotopic (exact) mass is 330 g/mol. The van der Waals surface area contributed by atoms with Crippen molar-refractivity contribution in [3.8, 4) is 5.75 Å². The minimum absolute atomic E-state index is 0.184. The summed E-state index contributed by atoms with van der Waals surface area (Å²) in [6.07, 6.45) is 0.690. The Hall–Kier alpha value is -2.37. The first-order valence-corrected chi connectivity index (χ1v) is 7.95. The van der Waals surface area contributed by atoms with Crippen molar-refractivity contribution in [3.63, 3.8) is 0 Å². The van der Waals surface area contributed by atoms with Gasteiger partial charge < -0.3 is 9.47 Å². The molecule has 5 heteroatoms. The molecule has 1 unspecified atom stereocenters. The van der Waals surface area contributed by atoms with Gasteiger partial charge in [-0.3, -0.25) is 10.1 Å². The maximum atomic E-state index is 11.7. The van der Waals surface area contributed by atoms with E-state index in [1.54, 1.807) is 0 Å². The number of ether oxygens (including phenoxy) is 2. The summed E-state index contributed by atoms with van der Waals surface area (Å²) in [6.45, 7) is 0.497. The Balaban J connectivity index is 1.61. The first kappa shape index (κ1) is 18.0. The summed E-state index contributed by atoms with van der Waals surface area (Å²) in [4.78, 5) is 16.2. The fourth-order valence-corrected chi connectivity index (χ4v) is 2.25. The zero-order chi connectivity index (χ0) is 17.0. The number of carbonyl (C=O) groups excluding carboxylic acids is 1. The van der Waals surface area contributed by atoms with Crippen LogP contribution in [0.25, 0.3) is 0 Å². The number of carbonyl (C=O) groups is 1. The summed E-state index contributed by atoms with van der Waals surface area (Å²) >= 11 is 0. The Kier molecular flexibility index (Phi) is 7.80. The lowest BCUT2D eigenvalue weighted by atomic mass is 10.0. The predicted molar refractivity (Wildman–Crippen MR) is 89.8 cm³/mol. The van der Waals surface area contributed by atoms with Gasteiger partial charge in [-0.15, -0.1) is 0 Å². The average Bonchev–Trinajstić information content (AvgIpc) is 2.64. The minimum atomic E-state index is -0.430. The van der Waals surface area contributed by atoms with Gasteiger partial charge in [-0.25, -0.2) is 4.89 Å². The van der Waals surface area contributed by atoms with Crippen LogP contribution in [0, 0.1) is 0 Å². The molecule has 2 rings (SSSR count). The van der Waals surface area contributed by atoms with E-state index in [2.05, 4.69) is 4.89 Å². The van der Waals surface area contributed by atoms with E-state index >= 15 is 0 Å². The number of hydrogen-bond donors (Lipinski definition) is 1. The maximum Gasteiger partial charge on any atom is 0.306 e. The van der Waals surface area contributed by atoms with Crippen LogP contribution >= 0.6 is 0 Å².